The molecular formula is C16H25BrN2O. The monoisotopic (exact) mass is 340 g/mol. The van der Waals surface area contributed by atoms with Gasteiger partial charge in [0, 0.05) is 36.3 Å². The standard InChI is InChI=1S/C16H25BrN2O/c1-12(18)16(14-3-5-15(17)6-4-14)19(2)11-13-7-9-20-10-8-13/h3-6,12-13,16H,7-11,18H2,1-2H3. The van der Waals surface area contributed by atoms with Crippen LogP contribution >= 0.6 is 15.9 Å². The second-order valence-electron chi connectivity index (χ2n) is 5.85. The van der Waals surface area contributed by atoms with Gasteiger partial charge in [-0.25, -0.2) is 0 Å². The fourth-order valence-electron chi connectivity index (χ4n) is 3.07. The Morgan fingerprint density at radius 3 is 2.45 bits per heavy atom. The van der Waals surface area contributed by atoms with Gasteiger partial charge in [-0.3, -0.25) is 4.90 Å². The summed E-state index contributed by atoms with van der Waals surface area (Å²) < 4.78 is 6.55. The average Bonchev–Trinajstić information content (AvgIpc) is 2.42. The number of benzene rings is 1. The van der Waals surface area contributed by atoms with E-state index in [0.29, 0.717) is 0 Å². The lowest BCUT2D eigenvalue weighted by Gasteiger charge is -2.35. The topological polar surface area (TPSA) is 38.5 Å². The van der Waals surface area contributed by atoms with E-state index in [9.17, 15) is 0 Å². The van der Waals surface area contributed by atoms with E-state index >= 15 is 0 Å². The molecule has 1 aromatic rings. The number of nitrogens with zero attached hydrogens (tertiary/aromatic N) is 1. The highest BCUT2D eigenvalue weighted by molar-refractivity contribution is 9.10. The van der Waals surface area contributed by atoms with Crippen LogP contribution in [0.5, 0.6) is 0 Å². The van der Waals surface area contributed by atoms with E-state index < -0.39 is 0 Å². The molecule has 1 aromatic carbocycles. The summed E-state index contributed by atoms with van der Waals surface area (Å²) in [5.41, 5.74) is 7.52. The van der Waals surface area contributed by atoms with Crippen molar-refractivity contribution in [3.8, 4) is 0 Å². The number of nitrogens with two attached hydrogens (primary N) is 1. The molecule has 0 spiro atoms. The lowest BCUT2D eigenvalue weighted by molar-refractivity contribution is 0.0487. The minimum atomic E-state index is 0.112. The number of hydrogen-bond acceptors (Lipinski definition) is 3. The summed E-state index contributed by atoms with van der Waals surface area (Å²) >= 11 is 3.49. The molecule has 1 fully saturated rings. The smallest absolute Gasteiger partial charge is 0.0493 e. The van der Waals surface area contributed by atoms with Crippen molar-refractivity contribution in [2.45, 2.75) is 31.8 Å². The van der Waals surface area contributed by atoms with Gasteiger partial charge in [0.25, 0.3) is 0 Å². The molecule has 1 aliphatic heterocycles. The number of halogens is 1. The Balaban J connectivity index is 2.05. The summed E-state index contributed by atoms with van der Waals surface area (Å²) in [7, 11) is 2.19. The summed E-state index contributed by atoms with van der Waals surface area (Å²) in [6.07, 6.45) is 2.33. The van der Waals surface area contributed by atoms with Crippen molar-refractivity contribution in [2.24, 2.45) is 11.7 Å². The second kappa shape index (κ2) is 7.55. The third-order valence-corrected chi connectivity index (χ3v) is 4.60. The van der Waals surface area contributed by atoms with Gasteiger partial charge in [0.15, 0.2) is 0 Å². The predicted molar refractivity (Wildman–Crippen MR) is 86.7 cm³/mol. The maximum absolute atomic E-state index is 6.23. The van der Waals surface area contributed by atoms with Crippen LogP contribution in [0.2, 0.25) is 0 Å². The molecule has 3 nitrogen and oxygen atoms in total. The van der Waals surface area contributed by atoms with E-state index in [1.54, 1.807) is 0 Å². The molecule has 1 aliphatic rings. The fourth-order valence-corrected chi connectivity index (χ4v) is 3.33. The molecule has 0 aromatic heterocycles. The van der Waals surface area contributed by atoms with Gasteiger partial charge in [0.1, 0.15) is 0 Å². The Bertz CT molecular complexity index is 401. The maximum atomic E-state index is 6.23. The summed E-state index contributed by atoms with van der Waals surface area (Å²) in [6.45, 7) is 4.98. The molecule has 2 unspecified atom stereocenters. The molecule has 2 rings (SSSR count). The average molecular weight is 341 g/mol. The first kappa shape index (κ1) is 16.0. The lowest BCUT2D eigenvalue weighted by atomic mass is 9.95. The van der Waals surface area contributed by atoms with Crippen LogP contribution in [0.3, 0.4) is 0 Å². The Morgan fingerprint density at radius 1 is 1.30 bits per heavy atom. The van der Waals surface area contributed by atoms with Crippen LogP contribution in [-0.2, 0) is 4.74 Å². The van der Waals surface area contributed by atoms with Gasteiger partial charge in [-0.05, 0) is 50.4 Å². The van der Waals surface area contributed by atoms with Crippen molar-refractivity contribution in [3.05, 3.63) is 34.3 Å². The summed E-state index contributed by atoms with van der Waals surface area (Å²) in [4.78, 5) is 2.41. The van der Waals surface area contributed by atoms with Crippen LogP contribution in [0.25, 0.3) is 0 Å². The van der Waals surface area contributed by atoms with Gasteiger partial charge in [-0.2, -0.15) is 0 Å². The third kappa shape index (κ3) is 4.29. The fraction of sp³-hybridized carbons (Fsp3) is 0.625. The molecule has 2 atom stereocenters. The van der Waals surface area contributed by atoms with Crippen molar-refractivity contribution in [1.29, 1.82) is 0 Å². The first-order chi connectivity index (χ1) is 9.58. The zero-order valence-electron chi connectivity index (χ0n) is 12.4. The number of ether oxygens (including phenoxy) is 1. The van der Waals surface area contributed by atoms with Gasteiger partial charge >= 0.3 is 0 Å². The van der Waals surface area contributed by atoms with Gasteiger partial charge in [0.2, 0.25) is 0 Å². The molecule has 4 heteroatoms. The summed E-state index contributed by atoms with van der Waals surface area (Å²) in [5, 5.41) is 0. The van der Waals surface area contributed by atoms with Crippen LogP contribution in [-0.4, -0.2) is 37.7 Å². The Morgan fingerprint density at radius 2 is 1.90 bits per heavy atom. The predicted octanol–water partition coefficient (Wildman–Crippen LogP) is 3.20. The van der Waals surface area contributed by atoms with E-state index in [4.69, 9.17) is 10.5 Å². The van der Waals surface area contributed by atoms with E-state index in [-0.39, 0.29) is 12.1 Å². The first-order valence-electron chi connectivity index (χ1n) is 7.37. The van der Waals surface area contributed by atoms with Crippen LogP contribution in [0, 0.1) is 5.92 Å². The SMILES string of the molecule is CC(N)C(c1ccc(Br)cc1)N(C)CC1CCOCC1. The van der Waals surface area contributed by atoms with Crippen LogP contribution in [0.4, 0.5) is 0 Å². The molecule has 1 saturated heterocycles. The summed E-state index contributed by atoms with van der Waals surface area (Å²) in [5.74, 6) is 0.727. The van der Waals surface area contributed by atoms with Gasteiger partial charge in [-0.1, -0.05) is 28.1 Å². The Labute approximate surface area is 130 Å². The van der Waals surface area contributed by atoms with Crippen molar-refractivity contribution < 1.29 is 4.74 Å². The maximum Gasteiger partial charge on any atom is 0.0493 e. The van der Waals surface area contributed by atoms with Gasteiger partial charge < -0.3 is 10.5 Å². The van der Waals surface area contributed by atoms with E-state index in [0.717, 1.165) is 43.0 Å². The minimum absolute atomic E-state index is 0.112. The van der Waals surface area contributed by atoms with Crippen LogP contribution < -0.4 is 5.73 Å². The highest BCUT2D eigenvalue weighted by Crippen LogP contribution is 2.26. The zero-order valence-corrected chi connectivity index (χ0v) is 14.0. The summed E-state index contributed by atoms with van der Waals surface area (Å²) in [6, 6.07) is 8.89. The largest absolute Gasteiger partial charge is 0.381 e. The van der Waals surface area contributed by atoms with Gasteiger partial charge in [-0.15, -0.1) is 0 Å². The van der Waals surface area contributed by atoms with Crippen molar-refractivity contribution in [2.75, 3.05) is 26.8 Å². The van der Waals surface area contributed by atoms with E-state index in [1.165, 1.54) is 5.56 Å². The molecule has 112 valence electrons. The van der Waals surface area contributed by atoms with Gasteiger partial charge in [0.05, 0.1) is 0 Å². The van der Waals surface area contributed by atoms with E-state index in [2.05, 4.69) is 59.1 Å². The van der Waals surface area contributed by atoms with Crippen molar-refractivity contribution in [3.63, 3.8) is 0 Å². The van der Waals surface area contributed by atoms with E-state index in [1.807, 2.05) is 0 Å². The number of hydrogen-bond donors (Lipinski definition) is 1. The van der Waals surface area contributed by atoms with Crippen molar-refractivity contribution >= 4 is 15.9 Å². The van der Waals surface area contributed by atoms with Crippen LogP contribution in [0.15, 0.2) is 28.7 Å². The molecule has 1 heterocycles. The highest BCUT2D eigenvalue weighted by atomic mass is 79.9. The molecule has 0 saturated carbocycles. The molecular weight excluding hydrogens is 316 g/mol. The quantitative estimate of drug-likeness (QED) is 0.894. The normalized spacial score (nSPS) is 20.1. The zero-order chi connectivity index (χ0) is 14.5. The Kier molecular flexibility index (Phi) is 6.02. The lowest BCUT2D eigenvalue weighted by Crippen LogP contribution is -2.40. The second-order valence-corrected chi connectivity index (χ2v) is 6.77. The van der Waals surface area contributed by atoms with Crippen molar-refractivity contribution in [1.82, 2.24) is 4.90 Å². The molecule has 2 N–H and O–H groups in total. The minimum Gasteiger partial charge on any atom is -0.381 e. The Hall–Kier alpha value is -0.420. The van der Waals surface area contributed by atoms with Crippen LogP contribution in [0.1, 0.15) is 31.4 Å². The molecule has 0 radical (unpaired) electrons. The molecule has 0 amide bonds. The third-order valence-electron chi connectivity index (χ3n) is 4.07. The molecule has 0 bridgehead atoms. The highest BCUT2D eigenvalue weighted by Gasteiger charge is 2.24. The molecule has 0 aliphatic carbocycles. The number of rotatable bonds is 5. The first-order valence-corrected chi connectivity index (χ1v) is 8.16. The number of likely N-dealkylation sites (N-methyl/N-ethyl adjacent to an activating group) is 1. The molecule has 20 heavy (non-hydrogen) atoms.